The average molecular weight is 322 g/mol. The van der Waals surface area contributed by atoms with Crippen LogP contribution in [-0.2, 0) is 11.2 Å². The van der Waals surface area contributed by atoms with Crippen molar-refractivity contribution in [2.75, 3.05) is 6.54 Å². The third-order valence-corrected chi connectivity index (χ3v) is 5.62. The molecule has 1 unspecified atom stereocenters. The molecule has 0 aliphatic carbocycles. The minimum Gasteiger partial charge on any atom is -0.479 e. The number of fused-ring (bicyclic) bond motifs is 1. The predicted octanol–water partition coefficient (Wildman–Crippen LogP) is 2.65. The van der Waals surface area contributed by atoms with Crippen LogP contribution in [0.3, 0.4) is 0 Å². The summed E-state index contributed by atoms with van der Waals surface area (Å²) in [4.78, 5) is 31.7. The van der Waals surface area contributed by atoms with Gasteiger partial charge in [-0.15, -0.1) is 22.7 Å². The summed E-state index contributed by atoms with van der Waals surface area (Å²) < 4.78 is 0. The minimum absolute atomic E-state index is 0.234. The fourth-order valence-electron chi connectivity index (χ4n) is 2.66. The number of rotatable bonds is 2. The number of carboxylic acids is 1. The molecule has 1 N–H and O–H groups in total. The number of aromatic nitrogens is 1. The van der Waals surface area contributed by atoms with E-state index in [0.717, 1.165) is 15.4 Å². The number of hydrogen-bond acceptors (Lipinski definition) is 5. The topological polar surface area (TPSA) is 70.5 Å². The van der Waals surface area contributed by atoms with Crippen molar-refractivity contribution < 1.29 is 14.7 Å². The second kappa shape index (κ2) is 5.23. The molecule has 0 radical (unpaired) electrons. The van der Waals surface area contributed by atoms with Crippen molar-refractivity contribution in [1.82, 2.24) is 9.88 Å². The lowest BCUT2D eigenvalue weighted by atomic mass is 9.99. The minimum atomic E-state index is -0.985. The highest BCUT2D eigenvalue weighted by molar-refractivity contribution is 7.13. The number of carboxylic acid groups (broad SMARTS) is 1. The van der Waals surface area contributed by atoms with Crippen molar-refractivity contribution in [1.29, 1.82) is 0 Å². The van der Waals surface area contributed by atoms with Crippen LogP contribution in [0, 0.1) is 13.8 Å². The van der Waals surface area contributed by atoms with Gasteiger partial charge < -0.3 is 10.0 Å². The maximum Gasteiger partial charge on any atom is 0.331 e. The number of carbonyl (C=O) groups excluding carboxylic acids is 1. The zero-order valence-corrected chi connectivity index (χ0v) is 13.3. The number of thiazole rings is 1. The Balaban J connectivity index is 2.00. The van der Waals surface area contributed by atoms with E-state index in [1.807, 2.05) is 18.4 Å². The molecule has 5 nitrogen and oxygen atoms in total. The van der Waals surface area contributed by atoms with Gasteiger partial charge in [0.2, 0.25) is 0 Å². The summed E-state index contributed by atoms with van der Waals surface area (Å²) in [5, 5.41) is 12.2. The van der Waals surface area contributed by atoms with Crippen LogP contribution < -0.4 is 0 Å². The molecule has 7 heteroatoms. The highest BCUT2D eigenvalue weighted by atomic mass is 32.1. The summed E-state index contributed by atoms with van der Waals surface area (Å²) in [5.41, 5.74) is 1.41. The molecule has 21 heavy (non-hydrogen) atoms. The third-order valence-electron chi connectivity index (χ3n) is 3.56. The zero-order valence-electron chi connectivity index (χ0n) is 11.6. The Morgan fingerprint density at radius 1 is 1.43 bits per heavy atom. The Labute approximate surface area is 129 Å². The van der Waals surface area contributed by atoms with Crippen LogP contribution in [-0.4, -0.2) is 33.4 Å². The third kappa shape index (κ3) is 2.36. The summed E-state index contributed by atoms with van der Waals surface area (Å²) in [5.74, 6) is -1.22. The molecule has 3 heterocycles. The Kier molecular flexibility index (Phi) is 3.54. The van der Waals surface area contributed by atoms with Crippen LogP contribution in [0.15, 0.2) is 11.4 Å². The molecule has 1 atom stereocenters. The van der Waals surface area contributed by atoms with Crippen LogP contribution in [0.2, 0.25) is 0 Å². The molecule has 0 saturated carbocycles. The van der Waals surface area contributed by atoms with Gasteiger partial charge >= 0.3 is 5.97 Å². The number of carbonyl (C=O) groups is 2. The van der Waals surface area contributed by atoms with Crippen molar-refractivity contribution in [3.05, 3.63) is 37.5 Å². The van der Waals surface area contributed by atoms with E-state index in [-0.39, 0.29) is 5.91 Å². The van der Waals surface area contributed by atoms with E-state index in [2.05, 4.69) is 4.98 Å². The van der Waals surface area contributed by atoms with Crippen molar-refractivity contribution in [3.8, 4) is 0 Å². The Morgan fingerprint density at radius 3 is 2.81 bits per heavy atom. The molecule has 0 saturated heterocycles. The summed E-state index contributed by atoms with van der Waals surface area (Å²) in [6, 6.07) is 0.914. The van der Waals surface area contributed by atoms with Crippen molar-refractivity contribution >= 4 is 34.6 Å². The van der Waals surface area contributed by atoms with E-state index >= 15 is 0 Å². The van der Waals surface area contributed by atoms with Crippen LogP contribution in [0.25, 0.3) is 0 Å². The van der Waals surface area contributed by atoms with Gasteiger partial charge in [-0.25, -0.2) is 9.78 Å². The van der Waals surface area contributed by atoms with Gasteiger partial charge in [-0.05, 0) is 37.3 Å². The number of hydrogen-bond donors (Lipinski definition) is 1. The highest BCUT2D eigenvalue weighted by Gasteiger charge is 2.37. The molecule has 0 aromatic carbocycles. The fraction of sp³-hybridized carbons (Fsp3) is 0.357. The SMILES string of the molecule is Cc1nc(C)c(C(=O)N2CCc3sccc3C2C(=O)O)s1. The molecule has 0 fully saturated rings. The first-order valence-electron chi connectivity index (χ1n) is 6.53. The highest BCUT2D eigenvalue weighted by Crippen LogP contribution is 2.35. The van der Waals surface area contributed by atoms with E-state index in [9.17, 15) is 14.7 Å². The zero-order chi connectivity index (χ0) is 15.1. The van der Waals surface area contributed by atoms with Gasteiger partial charge in [0.1, 0.15) is 4.88 Å². The first-order chi connectivity index (χ1) is 9.99. The molecule has 1 aliphatic heterocycles. The standard InChI is InChI=1S/C14H14N2O3S2/c1-7-12(21-8(2)15-7)13(17)16-5-3-10-9(4-6-20-10)11(16)14(18)19/h4,6,11H,3,5H2,1-2H3,(H,18,19). The number of aliphatic carboxylic acids is 1. The van der Waals surface area contributed by atoms with E-state index < -0.39 is 12.0 Å². The van der Waals surface area contributed by atoms with Crippen LogP contribution in [0.5, 0.6) is 0 Å². The molecule has 0 bridgehead atoms. The first-order valence-corrected chi connectivity index (χ1v) is 8.22. The second-order valence-corrected chi connectivity index (χ2v) is 7.14. The van der Waals surface area contributed by atoms with Crippen LogP contribution in [0.1, 0.15) is 36.9 Å². The molecule has 1 aliphatic rings. The normalized spacial score (nSPS) is 17.6. The smallest absolute Gasteiger partial charge is 0.331 e. The fourth-order valence-corrected chi connectivity index (χ4v) is 4.44. The molecule has 110 valence electrons. The van der Waals surface area contributed by atoms with Crippen molar-refractivity contribution in [2.45, 2.75) is 26.3 Å². The summed E-state index contributed by atoms with van der Waals surface area (Å²) in [7, 11) is 0. The monoisotopic (exact) mass is 322 g/mol. The molecule has 3 rings (SSSR count). The van der Waals surface area contributed by atoms with Gasteiger partial charge in [-0.2, -0.15) is 0 Å². The molecular weight excluding hydrogens is 308 g/mol. The van der Waals surface area contributed by atoms with E-state index in [1.54, 1.807) is 18.3 Å². The molecule has 1 amide bonds. The quantitative estimate of drug-likeness (QED) is 0.923. The van der Waals surface area contributed by atoms with Gasteiger partial charge in [0.25, 0.3) is 5.91 Å². The summed E-state index contributed by atoms with van der Waals surface area (Å²) in [6.07, 6.45) is 0.708. The van der Waals surface area contributed by atoms with Crippen LogP contribution in [0.4, 0.5) is 0 Å². The molecule has 2 aromatic heterocycles. The lowest BCUT2D eigenvalue weighted by molar-refractivity contribution is -0.142. The lowest BCUT2D eigenvalue weighted by Crippen LogP contribution is -2.43. The Hall–Kier alpha value is -1.73. The maximum atomic E-state index is 12.7. The van der Waals surface area contributed by atoms with E-state index in [4.69, 9.17) is 0 Å². The number of amides is 1. The number of nitrogens with zero attached hydrogens (tertiary/aromatic N) is 2. The van der Waals surface area contributed by atoms with Gasteiger partial charge in [-0.3, -0.25) is 4.79 Å². The van der Waals surface area contributed by atoms with Gasteiger partial charge in [0.15, 0.2) is 6.04 Å². The van der Waals surface area contributed by atoms with Gasteiger partial charge in [0, 0.05) is 11.4 Å². The summed E-state index contributed by atoms with van der Waals surface area (Å²) in [6.45, 7) is 4.06. The maximum absolute atomic E-state index is 12.7. The van der Waals surface area contributed by atoms with E-state index in [0.29, 0.717) is 23.5 Å². The molecule has 0 spiro atoms. The van der Waals surface area contributed by atoms with Crippen LogP contribution >= 0.6 is 22.7 Å². The van der Waals surface area contributed by atoms with Gasteiger partial charge in [-0.1, -0.05) is 0 Å². The first kappa shape index (κ1) is 14.2. The van der Waals surface area contributed by atoms with Crippen molar-refractivity contribution in [2.24, 2.45) is 0 Å². The number of aryl methyl sites for hydroxylation is 2. The number of thiophene rings is 1. The molecule has 2 aromatic rings. The van der Waals surface area contributed by atoms with E-state index in [1.165, 1.54) is 16.2 Å². The Morgan fingerprint density at radius 2 is 2.19 bits per heavy atom. The van der Waals surface area contributed by atoms with Gasteiger partial charge in [0.05, 0.1) is 10.7 Å². The molecular formula is C14H14N2O3S2. The average Bonchev–Trinajstić information content (AvgIpc) is 3.02. The lowest BCUT2D eigenvalue weighted by Gasteiger charge is -2.32. The largest absolute Gasteiger partial charge is 0.479 e. The predicted molar refractivity (Wildman–Crippen MR) is 81.0 cm³/mol. The van der Waals surface area contributed by atoms with Crippen molar-refractivity contribution in [3.63, 3.8) is 0 Å². The Bertz CT molecular complexity index is 720. The summed E-state index contributed by atoms with van der Waals surface area (Å²) >= 11 is 2.87. The second-order valence-electron chi connectivity index (χ2n) is 4.94.